The second-order valence-electron chi connectivity index (χ2n) is 5.33. The van der Waals surface area contributed by atoms with Crippen molar-refractivity contribution in [1.82, 2.24) is 4.98 Å². The second kappa shape index (κ2) is 7.67. The van der Waals surface area contributed by atoms with Crippen LogP contribution in [-0.2, 0) is 4.79 Å². The van der Waals surface area contributed by atoms with Gasteiger partial charge in [0.25, 0.3) is 11.6 Å². The molecule has 0 aliphatic rings. The van der Waals surface area contributed by atoms with E-state index in [0.29, 0.717) is 22.6 Å². The summed E-state index contributed by atoms with van der Waals surface area (Å²) in [4.78, 5) is 26.5. The fourth-order valence-electron chi connectivity index (χ4n) is 2.13. The lowest BCUT2D eigenvalue weighted by Gasteiger charge is -2.13. The van der Waals surface area contributed by atoms with Crippen molar-refractivity contribution in [2.45, 2.75) is 20.8 Å². The Hall–Kier alpha value is -2.38. The van der Waals surface area contributed by atoms with Gasteiger partial charge in [-0.15, -0.1) is 0 Å². The van der Waals surface area contributed by atoms with Crippen LogP contribution in [0, 0.1) is 30.9 Å². The summed E-state index contributed by atoms with van der Waals surface area (Å²) in [5, 5.41) is 13.8. The Morgan fingerprint density at radius 1 is 1.24 bits per heavy atom. The van der Waals surface area contributed by atoms with E-state index in [4.69, 9.17) is 27.9 Å². The molecule has 0 atom stereocenters. The SMILES string of the molecule is Cc1cc([N+](=O)[O-])ccc1NC(=O)COc1c(Cl)c(C)nc(C)c1Cl. The van der Waals surface area contributed by atoms with E-state index in [1.54, 1.807) is 20.8 Å². The van der Waals surface area contributed by atoms with Crippen LogP contribution in [0.1, 0.15) is 17.0 Å². The maximum Gasteiger partial charge on any atom is 0.269 e. The first-order valence-corrected chi connectivity index (χ1v) is 7.96. The molecule has 7 nitrogen and oxygen atoms in total. The number of aryl methyl sites for hydroxylation is 3. The number of carbonyl (C=O) groups excluding carboxylic acids is 1. The van der Waals surface area contributed by atoms with Gasteiger partial charge in [0, 0.05) is 17.8 Å². The number of nitro groups is 1. The number of hydrogen-bond donors (Lipinski definition) is 1. The van der Waals surface area contributed by atoms with Crippen LogP contribution >= 0.6 is 23.2 Å². The van der Waals surface area contributed by atoms with Crippen LogP contribution in [-0.4, -0.2) is 22.4 Å². The number of pyridine rings is 1. The van der Waals surface area contributed by atoms with Gasteiger partial charge in [-0.2, -0.15) is 0 Å². The zero-order valence-electron chi connectivity index (χ0n) is 13.7. The maximum atomic E-state index is 12.1. The van der Waals surface area contributed by atoms with E-state index < -0.39 is 10.8 Å². The number of hydrogen-bond acceptors (Lipinski definition) is 5. The van der Waals surface area contributed by atoms with E-state index in [9.17, 15) is 14.9 Å². The highest BCUT2D eigenvalue weighted by Crippen LogP contribution is 2.36. The zero-order valence-corrected chi connectivity index (χ0v) is 15.2. The molecule has 0 radical (unpaired) electrons. The lowest BCUT2D eigenvalue weighted by molar-refractivity contribution is -0.384. The molecule has 0 spiro atoms. The third-order valence-corrected chi connectivity index (χ3v) is 4.30. The Balaban J connectivity index is 2.09. The summed E-state index contributed by atoms with van der Waals surface area (Å²) in [6.07, 6.45) is 0. The molecule has 25 heavy (non-hydrogen) atoms. The first-order chi connectivity index (χ1) is 11.7. The number of nitrogens with one attached hydrogen (secondary N) is 1. The number of anilines is 1. The minimum absolute atomic E-state index is 0.0481. The Morgan fingerprint density at radius 2 is 1.84 bits per heavy atom. The summed E-state index contributed by atoms with van der Waals surface area (Å²) in [6.45, 7) is 4.75. The van der Waals surface area contributed by atoms with Gasteiger partial charge in [0.2, 0.25) is 0 Å². The van der Waals surface area contributed by atoms with Gasteiger partial charge in [-0.1, -0.05) is 23.2 Å². The monoisotopic (exact) mass is 383 g/mol. The van der Waals surface area contributed by atoms with Crippen molar-refractivity contribution in [3.05, 3.63) is 55.3 Å². The molecule has 132 valence electrons. The van der Waals surface area contributed by atoms with Crippen LogP contribution in [0.15, 0.2) is 18.2 Å². The molecule has 0 bridgehead atoms. The molecule has 2 aromatic rings. The first-order valence-electron chi connectivity index (χ1n) is 7.20. The predicted octanol–water partition coefficient (Wildman–Crippen LogP) is 4.24. The lowest BCUT2D eigenvalue weighted by Crippen LogP contribution is -2.21. The van der Waals surface area contributed by atoms with E-state index in [2.05, 4.69) is 10.3 Å². The number of halogens is 2. The molecule has 1 aromatic carbocycles. The van der Waals surface area contributed by atoms with Gasteiger partial charge in [-0.05, 0) is 32.4 Å². The number of nitro benzene ring substituents is 1. The summed E-state index contributed by atoms with van der Waals surface area (Å²) in [5.41, 5.74) is 2.07. The third-order valence-electron chi connectivity index (χ3n) is 3.41. The second-order valence-corrected chi connectivity index (χ2v) is 6.09. The number of aromatic nitrogens is 1. The summed E-state index contributed by atoms with van der Waals surface area (Å²) in [6, 6.07) is 4.15. The highest BCUT2D eigenvalue weighted by Gasteiger charge is 2.16. The summed E-state index contributed by atoms with van der Waals surface area (Å²) < 4.78 is 5.44. The molecule has 1 heterocycles. The summed E-state index contributed by atoms with van der Waals surface area (Å²) in [5.74, 6) is -0.250. The first kappa shape index (κ1) is 19.0. The van der Waals surface area contributed by atoms with Gasteiger partial charge in [0.1, 0.15) is 10.0 Å². The molecule has 2 rings (SSSR count). The van der Waals surface area contributed by atoms with Gasteiger partial charge >= 0.3 is 0 Å². The number of rotatable bonds is 5. The highest BCUT2D eigenvalue weighted by molar-refractivity contribution is 6.37. The molecule has 0 aliphatic heterocycles. The summed E-state index contributed by atoms with van der Waals surface area (Å²) >= 11 is 12.2. The molecule has 1 N–H and O–H groups in total. The molecular formula is C16H15Cl2N3O4. The van der Waals surface area contributed by atoms with Crippen molar-refractivity contribution in [1.29, 1.82) is 0 Å². The van der Waals surface area contributed by atoms with E-state index >= 15 is 0 Å². The molecule has 1 aromatic heterocycles. The highest BCUT2D eigenvalue weighted by atomic mass is 35.5. The Morgan fingerprint density at radius 3 is 2.36 bits per heavy atom. The molecule has 9 heteroatoms. The Labute approximate surface area is 154 Å². The molecule has 1 amide bonds. The largest absolute Gasteiger partial charge is 0.480 e. The van der Waals surface area contributed by atoms with Crippen molar-refractivity contribution >= 4 is 40.5 Å². The maximum absolute atomic E-state index is 12.1. The van der Waals surface area contributed by atoms with Crippen LogP contribution in [0.3, 0.4) is 0 Å². The fraction of sp³-hybridized carbons (Fsp3) is 0.250. The zero-order chi connectivity index (χ0) is 18.7. The number of amides is 1. The van der Waals surface area contributed by atoms with Crippen LogP contribution in [0.5, 0.6) is 5.75 Å². The molecule has 0 saturated carbocycles. The Kier molecular flexibility index (Phi) is 5.81. The third kappa shape index (κ3) is 4.37. The quantitative estimate of drug-likeness (QED) is 0.615. The van der Waals surface area contributed by atoms with Gasteiger partial charge in [-0.25, -0.2) is 0 Å². The van der Waals surface area contributed by atoms with Gasteiger partial charge in [0.05, 0.1) is 16.3 Å². The number of non-ortho nitro benzene ring substituents is 1. The van der Waals surface area contributed by atoms with E-state index in [0.717, 1.165) is 0 Å². The minimum Gasteiger partial charge on any atom is -0.480 e. The van der Waals surface area contributed by atoms with E-state index in [1.807, 2.05) is 0 Å². The van der Waals surface area contributed by atoms with Crippen molar-refractivity contribution in [2.75, 3.05) is 11.9 Å². The average molecular weight is 384 g/mol. The molecule has 0 aliphatic carbocycles. The van der Waals surface area contributed by atoms with Crippen LogP contribution in [0.25, 0.3) is 0 Å². The predicted molar refractivity (Wildman–Crippen MR) is 95.7 cm³/mol. The van der Waals surface area contributed by atoms with Crippen molar-refractivity contribution < 1.29 is 14.5 Å². The van der Waals surface area contributed by atoms with Crippen molar-refractivity contribution in [3.8, 4) is 5.75 Å². The number of ether oxygens (including phenoxy) is 1. The number of benzene rings is 1. The normalized spacial score (nSPS) is 10.4. The fourth-order valence-corrected chi connectivity index (χ4v) is 2.56. The van der Waals surface area contributed by atoms with Gasteiger partial charge in [-0.3, -0.25) is 19.9 Å². The van der Waals surface area contributed by atoms with Gasteiger partial charge in [0.15, 0.2) is 12.4 Å². The lowest BCUT2D eigenvalue weighted by atomic mass is 10.2. The van der Waals surface area contributed by atoms with Crippen LogP contribution in [0.2, 0.25) is 10.0 Å². The van der Waals surface area contributed by atoms with Crippen LogP contribution < -0.4 is 10.1 Å². The van der Waals surface area contributed by atoms with E-state index in [-0.39, 0.29) is 28.1 Å². The molecule has 0 saturated heterocycles. The smallest absolute Gasteiger partial charge is 0.269 e. The molecular weight excluding hydrogens is 369 g/mol. The topological polar surface area (TPSA) is 94.4 Å². The van der Waals surface area contributed by atoms with E-state index in [1.165, 1.54) is 18.2 Å². The Bertz CT molecular complexity index is 830. The van der Waals surface area contributed by atoms with Crippen molar-refractivity contribution in [3.63, 3.8) is 0 Å². The average Bonchev–Trinajstić information content (AvgIpc) is 2.54. The van der Waals surface area contributed by atoms with Gasteiger partial charge < -0.3 is 10.1 Å². The standard InChI is InChI=1S/C16H15Cl2N3O4/c1-8-6-11(21(23)24)4-5-12(8)20-13(22)7-25-16-14(17)9(2)19-10(3)15(16)18/h4-6H,7H2,1-3H3,(H,20,22). The number of carbonyl (C=O) groups is 1. The van der Waals surface area contributed by atoms with Crippen LogP contribution in [0.4, 0.5) is 11.4 Å². The summed E-state index contributed by atoms with van der Waals surface area (Å²) in [7, 11) is 0. The molecule has 0 unspecified atom stereocenters. The number of nitrogens with zero attached hydrogens (tertiary/aromatic N) is 2. The van der Waals surface area contributed by atoms with Crippen molar-refractivity contribution in [2.24, 2.45) is 0 Å². The molecule has 0 fully saturated rings. The minimum atomic E-state index is -0.500.